The van der Waals surface area contributed by atoms with E-state index >= 15 is 0 Å². The lowest BCUT2D eigenvalue weighted by Gasteiger charge is -2.05. The predicted molar refractivity (Wildman–Crippen MR) is 112 cm³/mol. The van der Waals surface area contributed by atoms with Crippen LogP contribution in [0, 0.1) is 21.4 Å². The highest BCUT2D eigenvalue weighted by Crippen LogP contribution is 2.31. The summed E-state index contributed by atoms with van der Waals surface area (Å²) in [6.45, 7) is 0. The predicted octanol–water partition coefficient (Wildman–Crippen LogP) is 6.49. The summed E-state index contributed by atoms with van der Waals surface area (Å²) in [5.74, 6) is 0. The molecule has 28 heavy (non-hydrogen) atoms. The number of aromatic nitrogens is 1. The minimum absolute atomic E-state index is 0.0107. The molecule has 2 aromatic carbocycles. The second-order valence-corrected chi connectivity index (χ2v) is 7.43. The number of halogens is 2. The maximum atomic E-state index is 10.7. The van der Waals surface area contributed by atoms with Gasteiger partial charge in [-0.15, -0.1) is 0 Å². The maximum absolute atomic E-state index is 10.7. The van der Waals surface area contributed by atoms with Crippen LogP contribution in [-0.4, -0.2) is 9.91 Å². The first-order valence-corrected chi connectivity index (χ1v) is 9.49. The van der Waals surface area contributed by atoms with E-state index in [9.17, 15) is 15.4 Å². The van der Waals surface area contributed by atoms with Crippen LogP contribution in [0.15, 0.2) is 64.6 Å². The quantitative estimate of drug-likeness (QED) is 0.343. The van der Waals surface area contributed by atoms with Crippen molar-refractivity contribution >= 4 is 52.8 Å². The van der Waals surface area contributed by atoms with Crippen molar-refractivity contribution in [2.24, 2.45) is 0 Å². The Morgan fingerprint density at radius 1 is 1.11 bits per heavy atom. The van der Waals surface area contributed by atoms with Gasteiger partial charge in [0, 0.05) is 38.8 Å². The molecule has 0 N–H and O–H groups in total. The van der Waals surface area contributed by atoms with Gasteiger partial charge >= 0.3 is 0 Å². The second kappa shape index (κ2) is 8.89. The lowest BCUT2D eigenvalue weighted by molar-refractivity contribution is -0.384. The van der Waals surface area contributed by atoms with E-state index in [0.717, 1.165) is 10.5 Å². The molecule has 8 heteroatoms. The monoisotopic (exact) mass is 427 g/mol. The third-order valence-corrected chi connectivity index (χ3v) is 5.38. The van der Waals surface area contributed by atoms with Crippen LogP contribution < -0.4 is 0 Å². The van der Waals surface area contributed by atoms with Gasteiger partial charge in [0.05, 0.1) is 10.5 Å². The zero-order valence-corrected chi connectivity index (χ0v) is 16.5. The largest absolute Gasteiger partial charge is 0.269 e. The first kappa shape index (κ1) is 19.9. The number of pyridine rings is 1. The smallest absolute Gasteiger partial charge is 0.258 e. The third-order valence-electron chi connectivity index (χ3n) is 3.70. The molecule has 0 atom stereocenters. The van der Waals surface area contributed by atoms with E-state index in [-0.39, 0.29) is 5.69 Å². The topological polar surface area (TPSA) is 79.8 Å². The Morgan fingerprint density at radius 2 is 1.79 bits per heavy atom. The number of nitro groups is 1. The van der Waals surface area contributed by atoms with Gasteiger partial charge in [-0.25, -0.2) is 4.98 Å². The summed E-state index contributed by atoms with van der Waals surface area (Å²) in [4.78, 5) is 15.4. The van der Waals surface area contributed by atoms with Gasteiger partial charge in [0.25, 0.3) is 5.69 Å². The van der Waals surface area contributed by atoms with Crippen LogP contribution in [0.3, 0.4) is 0 Å². The van der Waals surface area contributed by atoms with Crippen molar-refractivity contribution < 1.29 is 4.92 Å². The number of nitro benzene ring substituents is 1. The van der Waals surface area contributed by atoms with E-state index in [2.05, 4.69) is 11.1 Å². The molecule has 1 aromatic heterocycles. The normalized spacial score (nSPS) is 10.8. The zero-order chi connectivity index (χ0) is 20.1. The summed E-state index contributed by atoms with van der Waals surface area (Å²) in [7, 11) is 0. The Bertz CT molecular complexity index is 1090. The number of hydrogen-bond donors (Lipinski definition) is 0. The molecule has 0 aliphatic carbocycles. The van der Waals surface area contributed by atoms with Gasteiger partial charge in [-0.1, -0.05) is 53.2 Å². The molecule has 0 spiro atoms. The van der Waals surface area contributed by atoms with Crippen LogP contribution in [0.2, 0.25) is 10.0 Å². The molecule has 3 rings (SSSR count). The fourth-order valence-corrected chi connectivity index (χ4v) is 3.66. The molecular weight excluding hydrogens is 417 g/mol. The molecule has 0 saturated carbocycles. The number of nitrogens with zero attached hydrogens (tertiary/aromatic N) is 3. The summed E-state index contributed by atoms with van der Waals surface area (Å²) < 4.78 is 0. The third kappa shape index (κ3) is 4.70. The Hall–Kier alpha value is -2.85. The van der Waals surface area contributed by atoms with Gasteiger partial charge in [-0.05, 0) is 35.9 Å². The SMILES string of the molecule is N#Cc1cc(C=Cc2c(Cl)cccc2Cl)cnc1Sc1ccc([N+](=O)[O-])cc1. The van der Waals surface area contributed by atoms with Gasteiger partial charge in [-0.2, -0.15) is 5.26 Å². The van der Waals surface area contributed by atoms with Crippen molar-refractivity contribution in [2.75, 3.05) is 0 Å². The van der Waals surface area contributed by atoms with E-state index in [1.165, 1.54) is 23.9 Å². The van der Waals surface area contributed by atoms with Crippen LogP contribution in [-0.2, 0) is 0 Å². The molecule has 0 aliphatic heterocycles. The average Bonchev–Trinajstić information content (AvgIpc) is 2.69. The molecule has 0 aliphatic rings. The Labute approximate surface area is 175 Å². The molecule has 1 heterocycles. The summed E-state index contributed by atoms with van der Waals surface area (Å²) >= 11 is 13.6. The highest BCUT2D eigenvalue weighted by atomic mass is 35.5. The molecule has 0 amide bonds. The first-order valence-electron chi connectivity index (χ1n) is 7.92. The molecule has 0 radical (unpaired) electrons. The Morgan fingerprint density at radius 3 is 2.39 bits per heavy atom. The minimum atomic E-state index is -0.459. The molecule has 0 saturated heterocycles. The van der Waals surface area contributed by atoms with E-state index < -0.39 is 4.92 Å². The molecule has 5 nitrogen and oxygen atoms in total. The molecular formula is C20H11Cl2N3O2S. The van der Waals surface area contributed by atoms with Crippen LogP contribution in [0.1, 0.15) is 16.7 Å². The molecule has 0 bridgehead atoms. The van der Waals surface area contributed by atoms with Crippen LogP contribution in [0.25, 0.3) is 12.2 Å². The highest BCUT2D eigenvalue weighted by molar-refractivity contribution is 7.99. The van der Waals surface area contributed by atoms with Crippen molar-refractivity contribution in [2.45, 2.75) is 9.92 Å². The summed E-state index contributed by atoms with van der Waals surface area (Å²) in [6.07, 6.45) is 5.18. The zero-order valence-electron chi connectivity index (χ0n) is 14.2. The number of non-ortho nitro benzene ring substituents is 1. The van der Waals surface area contributed by atoms with Crippen molar-refractivity contribution in [3.63, 3.8) is 0 Å². The van der Waals surface area contributed by atoms with Gasteiger partial charge in [0.15, 0.2) is 0 Å². The van der Waals surface area contributed by atoms with Crippen molar-refractivity contribution in [1.29, 1.82) is 5.26 Å². The van der Waals surface area contributed by atoms with Crippen LogP contribution in [0.5, 0.6) is 0 Å². The van der Waals surface area contributed by atoms with Gasteiger partial charge < -0.3 is 0 Å². The second-order valence-electron chi connectivity index (χ2n) is 5.55. The van der Waals surface area contributed by atoms with Crippen LogP contribution >= 0.6 is 35.0 Å². The summed E-state index contributed by atoms with van der Waals surface area (Å²) in [6, 6.07) is 15.2. The van der Waals surface area contributed by atoms with E-state index in [0.29, 0.717) is 26.2 Å². The van der Waals surface area contributed by atoms with Crippen LogP contribution in [0.4, 0.5) is 5.69 Å². The number of hydrogen-bond acceptors (Lipinski definition) is 5. The molecule has 0 unspecified atom stereocenters. The maximum Gasteiger partial charge on any atom is 0.269 e. The summed E-state index contributed by atoms with van der Waals surface area (Å²) in [5.41, 5.74) is 1.82. The lowest BCUT2D eigenvalue weighted by atomic mass is 10.1. The Kier molecular flexibility index (Phi) is 6.32. The molecule has 3 aromatic rings. The minimum Gasteiger partial charge on any atom is -0.258 e. The highest BCUT2D eigenvalue weighted by Gasteiger charge is 2.09. The van der Waals surface area contributed by atoms with Gasteiger partial charge in [0.2, 0.25) is 0 Å². The fourth-order valence-electron chi connectivity index (χ4n) is 2.32. The standard InChI is InChI=1S/C20H11Cl2N3O2S/c21-18-2-1-3-19(22)17(18)9-4-13-10-14(11-23)20(24-12-13)28-16-7-5-15(6-8-16)25(26)27/h1-10,12H. The molecule has 138 valence electrons. The average molecular weight is 428 g/mol. The lowest BCUT2D eigenvalue weighted by Crippen LogP contribution is -1.90. The van der Waals surface area contributed by atoms with E-state index in [1.54, 1.807) is 54.7 Å². The van der Waals surface area contributed by atoms with Gasteiger partial charge in [0.1, 0.15) is 11.1 Å². The van der Waals surface area contributed by atoms with Crippen molar-refractivity contribution in [3.05, 3.63) is 91.6 Å². The number of nitriles is 1. The molecule has 0 fully saturated rings. The Balaban J connectivity index is 1.83. The van der Waals surface area contributed by atoms with Gasteiger partial charge in [-0.3, -0.25) is 10.1 Å². The fraction of sp³-hybridized carbons (Fsp3) is 0. The van der Waals surface area contributed by atoms with Crippen molar-refractivity contribution in [3.8, 4) is 6.07 Å². The number of benzene rings is 2. The number of rotatable bonds is 5. The van der Waals surface area contributed by atoms with E-state index in [1.807, 2.05) is 0 Å². The van der Waals surface area contributed by atoms with Crippen molar-refractivity contribution in [1.82, 2.24) is 4.98 Å². The summed E-state index contributed by atoms with van der Waals surface area (Å²) in [5, 5.41) is 21.8. The van der Waals surface area contributed by atoms with E-state index in [4.69, 9.17) is 23.2 Å². The first-order chi connectivity index (χ1) is 13.5.